The van der Waals surface area contributed by atoms with E-state index in [4.69, 9.17) is 10.5 Å². The molecule has 100 valence electrons. The molecule has 1 aliphatic rings. The number of nitrogens with zero attached hydrogens (tertiary/aromatic N) is 1. The second kappa shape index (κ2) is 5.72. The molecule has 0 radical (unpaired) electrons. The summed E-state index contributed by atoms with van der Waals surface area (Å²) < 4.78 is 5.47. The van der Waals surface area contributed by atoms with Gasteiger partial charge in [-0.2, -0.15) is 0 Å². The van der Waals surface area contributed by atoms with Crippen molar-refractivity contribution in [3.8, 4) is 5.75 Å². The van der Waals surface area contributed by atoms with E-state index in [1.165, 1.54) is 5.56 Å². The summed E-state index contributed by atoms with van der Waals surface area (Å²) in [5.74, 6) is 1.47. The molecule has 1 heterocycles. The Morgan fingerprint density at radius 2 is 2.00 bits per heavy atom. The first-order valence-electron chi connectivity index (χ1n) is 6.74. The highest BCUT2D eigenvalue weighted by atomic mass is 16.5. The van der Waals surface area contributed by atoms with Crippen LogP contribution in [0.25, 0.3) is 0 Å². The average molecular weight is 248 g/mol. The lowest BCUT2D eigenvalue weighted by atomic mass is 9.87. The molecular formula is C15H24N2O. The minimum Gasteiger partial charge on any atom is -0.496 e. The van der Waals surface area contributed by atoms with Crippen LogP contribution in [0.1, 0.15) is 31.7 Å². The van der Waals surface area contributed by atoms with Crippen molar-refractivity contribution in [3.05, 3.63) is 29.8 Å². The number of likely N-dealkylation sites (tertiary alicyclic amines) is 1. The van der Waals surface area contributed by atoms with Gasteiger partial charge in [-0.1, -0.05) is 18.2 Å². The van der Waals surface area contributed by atoms with Crippen LogP contribution in [-0.2, 0) is 0 Å². The summed E-state index contributed by atoms with van der Waals surface area (Å²) in [5.41, 5.74) is 7.49. The van der Waals surface area contributed by atoms with E-state index in [0.717, 1.165) is 25.3 Å². The molecule has 1 aromatic carbocycles. The van der Waals surface area contributed by atoms with Gasteiger partial charge in [0.2, 0.25) is 0 Å². The molecule has 0 saturated carbocycles. The summed E-state index contributed by atoms with van der Waals surface area (Å²) in [6, 6.07) is 9.11. The Balaban J connectivity index is 2.21. The molecule has 3 heteroatoms. The number of para-hydroxylation sites is 1. The molecule has 3 nitrogen and oxygen atoms in total. The molecular weight excluding hydrogens is 224 g/mol. The molecule has 18 heavy (non-hydrogen) atoms. The maximum absolute atomic E-state index is 6.20. The summed E-state index contributed by atoms with van der Waals surface area (Å²) in [7, 11) is 1.74. The first-order valence-corrected chi connectivity index (χ1v) is 6.74. The van der Waals surface area contributed by atoms with Gasteiger partial charge in [0.25, 0.3) is 0 Å². The summed E-state index contributed by atoms with van der Waals surface area (Å²) in [6.07, 6.45) is 1.05. The fourth-order valence-corrected chi connectivity index (χ4v) is 2.82. The van der Waals surface area contributed by atoms with Crippen molar-refractivity contribution in [2.24, 2.45) is 5.73 Å². The van der Waals surface area contributed by atoms with Crippen molar-refractivity contribution in [1.29, 1.82) is 0 Å². The van der Waals surface area contributed by atoms with Crippen molar-refractivity contribution in [1.82, 2.24) is 4.90 Å². The van der Waals surface area contributed by atoms with E-state index in [0.29, 0.717) is 12.0 Å². The molecule has 0 spiro atoms. The zero-order valence-corrected chi connectivity index (χ0v) is 11.6. The van der Waals surface area contributed by atoms with Crippen LogP contribution in [0.15, 0.2) is 24.3 Å². The van der Waals surface area contributed by atoms with Crippen molar-refractivity contribution < 1.29 is 4.74 Å². The molecule has 1 aliphatic heterocycles. The largest absolute Gasteiger partial charge is 0.496 e. The van der Waals surface area contributed by atoms with Crippen LogP contribution in [-0.4, -0.2) is 37.2 Å². The van der Waals surface area contributed by atoms with Gasteiger partial charge in [0.15, 0.2) is 0 Å². The summed E-state index contributed by atoms with van der Waals surface area (Å²) in [6.45, 7) is 6.55. The van der Waals surface area contributed by atoms with Gasteiger partial charge in [-0.25, -0.2) is 0 Å². The predicted octanol–water partition coefficient (Wildman–Crippen LogP) is 2.22. The number of ether oxygens (including phenoxy) is 1. The molecule has 2 rings (SSSR count). The van der Waals surface area contributed by atoms with E-state index in [9.17, 15) is 0 Å². The number of hydrogen-bond donors (Lipinski definition) is 1. The third kappa shape index (κ3) is 2.85. The molecule has 1 fully saturated rings. The lowest BCUT2D eigenvalue weighted by Gasteiger charge is -2.39. The molecule has 0 aliphatic carbocycles. The van der Waals surface area contributed by atoms with Gasteiger partial charge in [-0.3, -0.25) is 4.90 Å². The van der Waals surface area contributed by atoms with Gasteiger partial charge in [-0.15, -0.1) is 0 Å². The number of benzene rings is 1. The summed E-state index contributed by atoms with van der Waals surface area (Å²) >= 11 is 0. The molecule has 0 aromatic heterocycles. The van der Waals surface area contributed by atoms with Gasteiger partial charge in [-0.05, 0) is 31.9 Å². The Bertz CT molecular complexity index is 392. The van der Waals surface area contributed by atoms with E-state index >= 15 is 0 Å². The second-order valence-electron chi connectivity index (χ2n) is 5.48. The lowest BCUT2D eigenvalue weighted by molar-refractivity contribution is 0.151. The zero-order chi connectivity index (χ0) is 13.1. The normalized spacial score (nSPS) is 25.4. The Hall–Kier alpha value is -1.06. The fourth-order valence-electron chi connectivity index (χ4n) is 2.82. The maximum Gasteiger partial charge on any atom is 0.122 e. The van der Waals surface area contributed by atoms with Crippen LogP contribution in [0, 0.1) is 0 Å². The topological polar surface area (TPSA) is 38.5 Å². The van der Waals surface area contributed by atoms with Crippen LogP contribution >= 0.6 is 0 Å². The van der Waals surface area contributed by atoms with Crippen LogP contribution in [0.5, 0.6) is 5.75 Å². The van der Waals surface area contributed by atoms with Gasteiger partial charge in [0.05, 0.1) is 7.11 Å². The van der Waals surface area contributed by atoms with Crippen LogP contribution in [0.4, 0.5) is 0 Å². The number of piperidine rings is 1. The Kier molecular flexibility index (Phi) is 4.25. The van der Waals surface area contributed by atoms with Crippen LogP contribution in [0.2, 0.25) is 0 Å². The molecule has 2 atom stereocenters. The minimum absolute atomic E-state index is 0.260. The van der Waals surface area contributed by atoms with E-state index in [-0.39, 0.29) is 6.04 Å². The van der Waals surface area contributed by atoms with Crippen molar-refractivity contribution in [3.63, 3.8) is 0 Å². The lowest BCUT2D eigenvalue weighted by Crippen LogP contribution is -2.48. The first kappa shape index (κ1) is 13.4. The highest BCUT2D eigenvalue weighted by Gasteiger charge is 2.28. The smallest absolute Gasteiger partial charge is 0.122 e. The SMILES string of the molecule is COc1ccccc1C1CC(N)CN(C(C)C)C1. The van der Waals surface area contributed by atoms with E-state index in [1.807, 2.05) is 12.1 Å². The summed E-state index contributed by atoms with van der Waals surface area (Å²) in [5, 5.41) is 0. The first-order chi connectivity index (χ1) is 8.61. The van der Waals surface area contributed by atoms with Crippen molar-refractivity contribution in [2.45, 2.75) is 38.3 Å². The van der Waals surface area contributed by atoms with E-state index in [1.54, 1.807) is 7.11 Å². The van der Waals surface area contributed by atoms with Gasteiger partial charge < -0.3 is 10.5 Å². The molecule has 0 amide bonds. The molecule has 0 bridgehead atoms. The second-order valence-corrected chi connectivity index (χ2v) is 5.48. The van der Waals surface area contributed by atoms with Crippen LogP contribution in [0.3, 0.4) is 0 Å². The molecule has 1 aromatic rings. The number of nitrogens with two attached hydrogens (primary N) is 1. The summed E-state index contributed by atoms with van der Waals surface area (Å²) in [4.78, 5) is 2.46. The standard InChI is InChI=1S/C15H24N2O/c1-11(2)17-9-12(8-13(16)10-17)14-6-4-5-7-15(14)18-3/h4-7,11-13H,8-10,16H2,1-3H3. The maximum atomic E-state index is 6.20. The molecule has 1 saturated heterocycles. The highest BCUT2D eigenvalue weighted by molar-refractivity contribution is 5.37. The van der Waals surface area contributed by atoms with Crippen molar-refractivity contribution >= 4 is 0 Å². The molecule has 2 unspecified atom stereocenters. The number of hydrogen-bond acceptors (Lipinski definition) is 3. The average Bonchev–Trinajstić information content (AvgIpc) is 2.38. The van der Waals surface area contributed by atoms with Gasteiger partial charge in [0.1, 0.15) is 5.75 Å². The predicted molar refractivity (Wildman–Crippen MR) is 75.0 cm³/mol. The third-order valence-corrected chi connectivity index (χ3v) is 3.82. The third-order valence-electron chi connectivity index (χ3n) is 3.82. The molecule has 2 N–H and O–H groups in total. The number of rotatable bonds is 3. The minimum atomic E-state index is 0.260. The Labute approximate surface area is 110 Å². The van der Waals surface area contributed by atoms with E-state index < -0.39 is 0 Å². The Morgan fingerprint density at radius 3 is 2.67 bits per heavy atom. The quantitative estimate of drug-likeness (QED) is 0.891. The fraction of sp³-hybridized carbons (Fsp3) is 0.600. The highest BCUT2D eigenvalue weighted by Crippen LogP contribution is 2.33. The van der Waals surface area contributed by atoms with Crippen LogP contribution < -0.4 is 10.5 Å². The van der Waals surface area contributed by atoms with Crippen molar-refractivity contribution in [2.75, 3.05) is 20.2 Å². The van der Waals surface area contributed by atoms with E-state index in [2.05, 4.69) is 30.9 Å². The van der Waals surface area contributed by atoms with Gasteiger partial charge in [0, 0.05) is 31.1 Å². The van der Waals surface area contributed by atoms with Gasteiger partial charge >= 0.3 is 0 Å². The monoisotopic (exact) mass is 248 g/mol. The Morgan fingerprint density at radius 1 is 1.28 bits per heavy atom. The number of methoxy groups -OCH3 is 1. The zero-order valence-electron chi connectivity index (χ0n) is 11.6.